The van der Waals surface area contributed by atoms with Gasteiger partial charge in [0, 0.05) is 24.5 Å². The number of carbonyl (C=O) groups excluding carboxylic acids is 2. The number of benzene rings is 1. The fourth-order valence-electron chi connectivity index (χ4n) is 6.18. The zero-order valence-corrected chi connectivity index (χ0v) is 16.9. The Bertz CT molecular complexity index is 748. The predicted molar refractivity (Wildman–Crippen MR) is 109 cm³/mol. The van der Waals surface area contributed by atoms with Crippen molar-refractivity contribution in [1.29, 1.82) is 0 Å². The van der Waals surface area contributed by atoms with Gasteiger partial charge in [-0.2, -0.15) is 0 Å². The fraction of sp³-hybridized carbons (Fsp3) is 0.667. The second-order valence-corrected chi connectivity index (χ2v) is 9.49. The van der Waals surface area contributed by atoms with Crippen LogP contribution in [0.2, 0.25) is 0 Å². The topological polar surface area (TPSA) is 40.6 Å². The number of carbonyl (C=O) groups is 2. The first-order chi connectivity index (χ1) is 13.6. The maximum Gasteiger partial charge on any atom is 0.245 e. The fourth-order valence-corrected chi connectivity index (χ4v) is 6.18. The van der Waals surface area contributed by atoms with E-state index in [1.54, 1.807) is 0 Å². The van der Waals surface area contributed by atoms with E-state index in [4.69, 9.17) is 0 Å². The van der Waals surface area contributed by atoms with E-state index in [9.17, 15) is 9.59 Å². The van der Waals surface area contributed by atoms with Gasteiger partial charge in [-0.25, -0.2) is 0 Å². The second kappa shape index (κ2) is 7.20. The predicted octanol–water partition coefficient (Wildman–Crippen LogP) is 3.96. The SMILES string of the molecule is CC1CCCN1C(=O)[C@@H]1C[C@@H]2CCCC[C@@H]2N1C(=O)[C@@H]1C[C@H]1c1ccccc1. The lowest BCUT2D eigenvalue weighted by Gasteiger charge is -2.35. The minimum atomic E-state index is -0.210. The van der Waals surface area contributed by atoms with Crippen molar-refractivity contribution in [3.05, 3.63) is 35.9 Å². The van der Waals surface area contributed by atoms with Gasteiger partial charge in [0.1, 0.15) is 6.04 Å². The smallest absolute Gasteiger partial charge is 0.245 e. The molecule has 4 heteroatoms. The number of amides is 2. The Hall–Kier alpha value is -1.84. The highest BCUT2D eigenvalue weighted by molar-refractivity contribution is 5.91. The van der Waals surface area contributed by atoms with E-state index in [0.717, 1.165) is 38.6 Å². The summed E-state index contributed by atoms with van der Waals surface area (Å²) in [6, 6.07) is 10.8. The summed E-state index contributed by atoms with van der Waals surface area (Å²) in [5.41, 5.74) is 1.27. The second-order valence-electron chi connectivity index (χ2n) is 9.49. The standard InChI is InChI=1S/C24H32N2O2/c1-16-8-7-13-25(16)24(28)22-14-18-11-5-6-12-21(18)26(22)23(27)20-15-19(20)17-9-3-2-4-10-17/h2-4,9-10,16,18-22H,5-8,11-15H2,1H3/t16?,18-,19-,20+,21-,22-/m0/s1. The van der Waals surface area contributed by atoms with Crippen LogP contribution < -0.4 is 0 Å². The molecule has 1 aromatic rings. The summed E-state index contributed by atoms with van der Waals surface area (Å²) in [4.78, 5) is 31.2. The Kier molecular flexibility index (Phi) is 4.68. The summed E-state index contributed by atoms with van der Waals surface area (Å²) in [6.45, 7) is 3.02. The molecular weight excluding hydrogens is 348 g/mol. The molecule has 1 unspecified atom stereocenters. The first-order valence-electron chi connectivity index (χ1n) is 11.3. The van der Waals surface area contributed by atoms with Gasteiger partial charge >= 0.3 is 0 Å². The Morgan fingerprint density at radius 3 is 2.46 bits per heavy atom. The van der Waals surface area contributed by atoms with Gasteiger partial charge in [0.15, 0.2) is 0 Å². The zero-order valence-electron chi connectivity index (χ0n) is 16.9. The summed E-state index contributed by atoms with van der Waals surface area (Å²) >= 11 is 0. The molecule has 0 aromatic heterocycles. The van der Waals surface area contributed by atoms with Crippen LogP contribution in [0.5, 0.6) is 0 Å². The Morgan fingerprint density at radius 1 is 0.929 bits per heavy atom. The lowest BCUT2D eigenvalue weighted by atomic mass is 9.84. The molecule has 2 saturated heterocycles. The number of rotatable bonds is 3. The summed E-state index contributed by atoms with van der Waals surface area (Å²) in [7, 11) is 0. The average molecular weight is 381 g/mol. The quantitative estimate of drug-likeness (QED) is 0.796. The molecule has 0 N–H and O–H groups in total. The molecule has 4 fully saturated rings. The number of likely N-dealkylation sites (tertiary alicyclic amines) is 2. The van der Waals surface area contributed by atoms with Crippen molar-refractivity contribution in [1.82, 2.24) is 9.80 Å². The summed E-state index contributed by atoms with van der Waals surface area (Å²) in [6.07, 6.45) is 8.73. The van der Waals surface area contributed by atoms with Crippen molar-refractivity contribution < 1.29 is 9.59 Å². The van der Waals surface area contributed by atoms with E-state index >= 15 is 0 Å². The molecule has 2 heterocycles. The zero-order chi connectivity index (χ0) is 19.3. The van der Waals surface area contributed by atoms with Gasteiger partial charge < -0.3 is 9.80 Å². The largest absolute Gasteiger partial charge is 0.338 e. The minimum Gasteiger partial charge on any atom is -0.338 e. The molecular formula is C24H32N2O2. The molecule has 0 bridgehead atoms. The minimum absolute atomic E-state index is 0.0781. The third kappa shape index (κ3) is 3.05. The maximum atomic E-state index is 13.6. The van der Waals surface area contributed by atoms with Gasteiger partial charge in [-0.15, -0.1) is 0 Å². The van der Waals surface area contributed by atoms with Crippen molar-refractivity contribution in [2.45, 2.75) is 82.3 Å². The first kappa shape index (κ1) is 18.2. The van der Waals surface area contributed by atoms with Crippen molar-refractivity contribution in [3.8, 4) is 0 Å². The molecule has 2 saturated carbocycles. The number of hydrogen-bond donors (Lipinski definition) is 0. The maximum absolute atomic E-state index is 13.6. The third-order valence-electron chi connectivity index (χ3n) is 7.80. The van der Waals surface area contributed by atoms with Crippen LogP contribution >= 0.6 is 0 Å². The van der Waals surface area contributed by atoms with Crippen LogP contribution in [0.1, 0.15) is 69.8 Å². The monoisotopic (exact) mass is 380 g/mol. The van der Waals surface area contributed by atoms with Crippen LogP contribution in [-0.4, -0.2) is 46.3 Å². The lowest BCUT2D eigenvalue weighted by Crippen LogP contribution is -2.52. The third-order valence-corrected chi connectivity index (χ3v) is 7.80. The van der Waals surface area contributed by atoms with Crippen LogP contribution in [-0.2, 0) is 9.59 Å². The van der Waals surface area contributed by atoms with E-state index in [1.165, 1.54) is 24.8 Å². The van der Waals surface area contributed by atoms with Crippen LogP contribution in [0, 0.1) is 11.8 Å². The molecule has 4 nitrogen and oxygen atoms in total. The van der Waals surface area contributed by atoms with Gasteiger partial charge in [-0.3, -0.25) is 9.59 Å². The molecule has 2 amide bonds. The Labute approximate surface area is 168 Å². The van der Waals surface area contributed by atoms with Gasteiger partial charge in [-0.05, 0) is 62.8 Å². The highest BCUT2D eigenvalue weighted by atomic mass is 16.2. The van der Waals surface area contributed by atoms with Crippen LogP contribution in [0.15, 0.2) is 30.3 Å². The summed E-state index contributed by atoms with van der Waals surface area (Å²) in [5, 5.41) is 0. The van der Waals surface area contributed by atoms with E-state index in [2.05, 4.69) is 41.0 Å². The van der Waals surface area contributed by atoms with Gasteiger partial charge in [0.2, 0.25) is 11.8 Å². The molecule has 4 aliphatic rings. The van der Waals surface area contributed by atoms with E-state index < -0.39 is 0 Å². The molecule has 2 aliphatic carbocycles. The molecule has 2 aliphatic heterocycles. The average Bonchev–Trinajstić information content (AvgIpc) is 3.26. The molecule has 0 radical (unpaired) electrons. The highest BCUT2D eigenvalue weighted by Crippen LogP contribution is 2.51. The van der Waals surface area contributed by atoms with Crippen LogP contribution in [0.3, 0.4) is 0 Å². The Morgan fingerprint density at radius 2 is 1.71 bits per heavy atom. The van der Waals surface area contributed by atoms with Crippen molar-refractivity contribution in [2.75, 3.05) is 6.54 Å². The Balaban J connectivity index is 1.38. The van der Waals surface area contributed by atoms with E-state index in [-0.39, 0.29) is 23.8 Å². The number of hydrogen-bond acceptors (Lipinski definition) is 2. The normalized spacial score (nSPS) is 37.0. The molecule has 6 atom stereocenters. The van der Waals surface area contributed by atoms with Crippen LogP contribution in [0.4, 0.5) is 0 Å². The lowest BCUT2D eigenvalue weighted by molar-refractivity contribution is -0.147. The molecule has 0 spiro atoms. The number of nitrogens with zero attached hydrogens (tertiary/aromatic N) is 2. The molecule has 28 heavy (non-hydrogen) atoms. The van der Waals surface area contributed by atoms with Crippen molar-refractivity contribution in [3.63, 3.8) is 0 Å². The first-order valence-corrected chi connectivity index (χ1v) is 11.3. The van der Waals surface area contributed by atoms with Gasteiger partial charge in [0.05, 0.1) is 0 Å². The molecule has 150 valence electrons. The number of fused-ring (bicyclic) bond motifs is 1. The van der Waals surface area contributed by atoms with Crippen molar-refractivity contribution in [2.24, 2.45) is 11.8 Å². The van der Waals surface area contributed by atoms with Crippen molar-refractivity contribution >= 4 is 11.8 Å². The van der Waals surface area contributed by atoms with E-state index in [0.29, 0.717) is 23.9 Å². The molecule has 1 aromatic carbocycles. The summed E-state index contributed by atoms with van der Waals surface area (Å²) in [5.74, 6) is 1.43. The summed E-state index contributed by atoms with van der Waals surface area (Å²) < 4.78 is 0. The van der Waals surface area contributed by atoms with Gasteiger partial charge in [-0.1, -0.05) is 43.2 Å². The van der Waals surface area contributed by atoms with E-state index in [1.807, 2.05) is 6.07 Å². The van der Waals surface area contributed by atoms with Crippen LogP contribution in [0.25, 0.3) is 0 Å². The van der Waals surface area contributed by atoms with Gasteiger partial charge in [0.25, 0.3) is 0 Å². The molecule has 5 rings (SSSR count). The highest BCUT2D eigenvalue weighted by Gasteiger charge is 2.54.